The van der Waals surface area contributed by atoms with E-state index in [2.05, 4.69) is 20.9 Å². The van der Waals surface area contributed by atoms with Crippen LogP contribution in [0.2, 0.25) is 0 Å². The van der Waals surface area contributed by atoms with E-state index >= 15 is 0 Å². The summed E-state index contributed by atoms with van der Waals surface area (Å²) in [5.74, 6) is 0. The Bertz CT molecular complexity index is 613. The van der Waals surface area contributed by atoms with Gasteiger partial charge in [-0.2, -0.15) is 0 Å². The highest BCUT2D eigenvalue weighted by atomic mass is 79.9. The number of nitrogens with one attached hydrogen (secondary N) is 1. The predicted octanol–water partition coefficient (Wildman–Crippen LogP) is 4.30. The Morgan fingerprint density at radius 1 is 1.37 bits per heavy atom. The number of anilines is 1. The summed E-state index contributed by atoms with van der Waals surface area (Å²) in [6.45, 7) is 5.56. The quantitative estimate of drug-likeness (QED) is 0.849. The number of H-pyrrole nitrogens is 1. The minimum absolute atomic E-state index is 0.367. The third kappa shape index (κ3) is 3.10. The zero-order valence-corrected chi connectivity index (χ0v) is 13.0. The van der Waals surface area contributed by atoms with Crippen molar-refractivity contribution < 1.29 is 9.53 Å². The fraction of sp³-hybridized carbons (Fsp3) is 0.357. The molecule has 0 bridgehead atoms. The normalized spacial score (nSPS) is 11.6. The van der Waals surface area contributed by atoms with Crippen LogP contribution in [-0.2, 0) is 4.74 Å². The van der Waals surface area contributed by atoms with E-state index in [1.807, 2.05) is 39.0 Å². The van der Waals surface area contributed by atoms with Gasteiger partial charge in [-0.3, -0.25) is 4.90 Å². The van der Waals surface area contributed by atoms with Gasteiger partial charge in [0, 0.05) is 28.6 Å². The van der Waals surface area contributed by atoms with Crippen LogP contribution in [0.4, 0.5) is 10.5 Å². The van der Waals surface area contributed by atoms with Crippen LogP contribution in [0, 0.1) is 0 Å². The molecule has 0 aliphatic rings. The van der Waals surface area contributed by atoms with E-state index < -0.39 is 5.60 Å². The maximum Gasteiger partial charge on any atom is 0.414 e. The van der Waals surface area contributed by atoms with Gasteiger partial charge < -0.3 is 9.72 Å². The number of aromatic nitrogens is 1. The van der Waals surface area contributed by atoms with Gasteiger partial charge in [-0.25, -0.2) is 4.79 Å². The third-order valence-electron chi connectivity index (χ3n) is 2.65. The summed E-state index contributed by atoms with van der Waals surface area (Å²) < 4.78 is 6.33. The zero-order valence-electron chi connectivity index (χ0n) is 11.5. The first-order valence-corrected chi connectivity index (χ1v) is 6.80. The summed E-state index contributed by atoms with van der Waals surface area (Å²) in [5.41, 5.74) is 1.28. The number of ether oxygens (including phenoxy) is 1. The van der Waals surface area contributed by atoms with Gasteiger partial charge >= 0.3 is 6.09 Å². The highest BCUT2D eigenvalue weighted by Gasteiger charge is 2.22. The molecule has 0 atom stereocenters. The van der Waals surface area contributed by atoms with Gasteiger partial charge in [0.1, 0.15) is 5.60 Å². The van der Waals surface area contributed by atoms with Gasteiger partial charge in [0.05, 0.1) is 5.69 Å². The molecule has 4 nitrogen and oxygen atoms in total. The topological polar surface area (TPSA) is 45.3 Å². The first-order chi connectivity index (χ1) is 8.78. The molecule has 5 heteroatoms. The first kappa shape index (κ1) is 13.9. The Kier molecular flexibility index (Phi) is 3.58. The van der Waals surface area contributed by atoms with Crippen LogP contribution in [0.5, 0.6) is 0 Å². The largest absolute Gasteiger partial charge is 0.443 e. The lowest BCUT2D eigenvalue weighted by Crippen LogP contribution is -2.34. The van der Waals surface area contributed by atoms with E-state index in [1.165, 1.54) is 4.90 Å². The lowest BCUT2D eigenvalue weighted by molar-refractivity contribution is 0.0590. The number of carbonyl (C=O) groups is 1. The Labute approximate surface area is 120 Å². The molecule has 1 aromatic carbocycles. The van der Waals surface area contributed by atoms with Crippen molar-refractivity contribution in [1.82, 2.24) is 4.98 Å². The van der Waals surface area contributed by atoms with Crippen molar-refractivity contribution in [3.8, 4) is 0 Å². The van der Waals surface area contributed by atoms with Crippen LogP contribution in [0.3, 0.4) is 0 Å². The Balaban J connectivity index is 2.33. The number of amides is 1. The molecule has 0 saturated carbocycles. The number of nitrogens with zero attached hydrogens (tertiary/aromatic N) is 1. The number of aromatic amines is 1. The molecule has 1 aromatic heterocycles. The minimum Gasteiger partial charge on any atom is -0.443 e. The van der Waals surface area contributed by atoms with Crippen LogP contribution >= 0.6 is 15.9 Å². The maximum atomic E-state index is 12.1. The molecule has 0 aliphatic carbocycles. The average Bonchev–Trinajstić information content (AvgIpc) is 2.68. The van der Waals surface area contributed by atoms with Crippen molar-refractivity contribution in [2.75, 3.05) is 11.9 Å². The standard InChI is InChI=1S/C14H17BrN2O2/c1-14(2,3)19-13(18)17(4)12-8-16-11-6-5-9(15)7-10(11)12/h5-8,16H,1-4H3. The summed E-state index contributed by atoms with van der Waals surface area (Å²) in [6.07, 6.45) is 1.44. The molecule has 1 amide bonds. The second-order valence-corrected chi connectivity index (χ2v) is 6.32. The Hall–Kier alpha value is -1.49. The van der Waals surface area contributed by atoms with Crippen molar-refractivity contribution in [1.29, 1.82) is 0 Å². The molecule has 19 heavy (non-hydrogen) atoms. The summed E-state index contributed by atoms with van der Waals surface area (Å²) in [5, 5.41) is 0.975. The van der Waals surface area contributed by atoms with Gasteiger partial charge in [0.25, 0.3) is 0 Å². The van der Waals surface area contributed by atoms with E-state index in [0.29, 0.717) is 0 Å². The van der Waals surface area contributed by atoms with Crippen LogP contribution in [0.15, 0.2) is 28.9 Å². The van der Waals surface area contributed by atoms with Crippen LogP contribution < -0.4 is 4.90 Å². The number of hydrogen-bond acceptors (Lipinski definition) is 2. The van der Waals surface area contributed by atoms with Gasteiger partial charge in [-0.05, 0) is 39.0 Å². The fourth-order valence-electron chi connectivity index (χ4n) is 1.78. The first-order valence-electron chi connectivity index (χ1n) is 6.01. The molecular weight excluding hydrogens is 308 g/mol. The minimum atomic E-state index is -0.502. The van der Waals surface area contributed by atoms with Crippen LogP contribution in [0.25, 0.3) is 10.9 Å². The highest BCUT2D eigenvalue weighted by Crippen LogP contribution is 2.29. The van der Waals surface area contributed by atoms with E-state index in [-0.39, 0.29) is 6.09 Å². The number of hydrogen-bond donors (Lipinski definition) is 1. The van der Waals surface area contributed by atoms with Crippen LogP contribution in [0.1, 0.15) is 20.8 Å². The maximum absolute atomic E-state index is 12.1. The van der Waals surface area contributed by atoms with Gasteiger partial charge in [-0.1, -0.05) is 15.9 Å². The fourth-order valence-corrected chi connectivity index (χ4v) is 2.15. The molecule has 0 spiro atoms. The zero-order chi connectivity index (χ0) is 14.2. The average molecular weight is 325 g/mol. The lowest BCUT2D eigenvalue weighted by Gasteiger charge is -2.24. The second-order valence-electron chi connectivity index (χ2n) is 5.40. The van der Waals surface area contributed by atoms with Crippen molar-refractivity contribution in [2.45, 2.75) is 26.4 Å². The monoisotopic (exact) mass is 324 g/mol. The molecule has 2 aromatic rings. The van der Waals surface area contributed by atoms with Crippen molar-refractivity contribution in [3.05, 3.63) is 28.9 Å². The summed E-state index contributed by atoms with van der Waals surface area (Å²) in [7, 11) is 1.71. The van der Waals surface area contributed by atoms with Gasteiger partial charge in [-0.15, -0.1) is 0 Å². The summed E-state index contributed by atoms with van der Waals surface area (Å²) >= 11 is 3.44. The van der Waals surface area contributed by atoms with E-state index in [4.69, 9.17) is 4.74 Å². The number of carbonyl (C=O) groups excluding carboxylic acids is 1. The molecule has 2 rings (SSSR count). The third-order valence-corrected chi connectivity index (χ3v) is 3.14. The molecule has 0 radical (unpaired) electrons. The highest BCUT2D eigenvalue weighted by molar-refractivity contribution is 9.10. The van der Waals surface area contributed by atoms with Gasteiger partial charge in [0.2, 0.25) is 0 Å². The summed E-state index contributed by atoms with van der Waals surface area (Å²) in [4.78, 5) is 16.7. The molecule has 0 aliphatic heterocycles. The van der Waals surface area contributed by atoms with E-state index in [1.54, 1.807) is 13.2 Å². The predicted molar refractivity (Wildman–Crippen MR) is 80.6 cm³/mol. The Morgan fingerprint density at radius 3 is 2.68 bits per heavy atom. The van der Waals surface area contributed by atoms with Crippen molar-refractivity contribution in [3.63, 3.8) is 0 Å². The molecule has 0 fully saturated rings. The lowest BCUT2D eigenvalue weighted by atomic mass is 10.2. The van der Waals surface area contributed by atoms with E-state index in [9.17, 15) is 4.79 Å². The molecule has 0 saturated heterocycles. The molecular formula is C14H17BrN2O2. The van der Waals surface area contributed by atoms with Gasteiger partial charge in [0.15, 0.2) is 0 Å². The molecule has 0 unspecified atom stereocenters. The smallest absolute Gasteiger partial charge is 0.414 e. The van der Waals surface area contributed by atoms with E-state index in [0.717, 1.165) is 21.1 Å². The number of benzene rings is 1. The number of halogens is 1. The second kappa shape index (κ2) is 4.89. The van der Waals surface area contributed by atoms with Crippen LogP contribution in [-0.4, -0.2) is 23.7 Å². The van der Waals surface area contributed by atoms with Crippen molar-refractivity contribution in [2.24, 2.45) is 0 Å². The number of fused-ring (bicyclic) bond motifs is 1. The summed E-state index contributed by atoms with van der Waals surface area (Å²) in [6, 6.07) is 5.89. The molecule has 102 valence electrons. The molecule has 1 N–H and O–H groups in total. The SMILES string of the molecule is CN(C(=O)OC(C)(C)C)c1c[nH]c2ccc(Br)cc12. The molecule has 1 heterocycles. The Morgan fingerprint density at radius 2 is 2.05 bits per heavy atom. The number of rotatable bonds is 1. The van der Waals surface area contributed by atoms with Crippen molar-refractivity contribution >= 4 is 38.6 Å².